The van der Waals surface area contributed by atoms with Gasteiger partial charge in [0.25, 0.3) is 0 Å². The van der Waals surface area contributed by atoms with Gasteiger partial charge in [0.1, 0.15) is 0 Å². The number of hydrogen-bond acceptors (Lipinski definition) is 4. The maximum Gasteiger partial charge on any atom is 0.309 e. The van der Waals surface area contributed by atoms with Crippen molar-refractivity contribution >= 4 is 33.5 Å². The first-order chi connectivity index (χ1) is 18.0. The van der Waals surface area contributed by atoms with Crippen LogP contribution in [-0.4, -0.2) is 51.6 Å². The zero-order valence-electron chi connectivity index (χ0n) is 25.1. The van der Waals surface area contributed by atoms with Crippen LogP contribution in [-0.2, 0) is 31.2 Å². The summed E-state index contributed by atoms with van der Waals surface area (Å²) in [6.45, 7) is 13.3. The van der Waals surface area contributed by atoms with E-state index in [9.17, 15) is 23.1 Å². The minimum atomic E-state index is -0.903. The lowest BCUT2D eigenvalue weighted by Crippen LogP contribution is -2.23. The Balaban J connectivity index is 0.00000326. The van der Waals surface area contributed by atoms with E-state index in [0.29, 0.717) is 12.8 Å². The molecule has 2 aliphatic rings. The van der Waals surface area contributed by atoms with E-state index in [1.54, 1.807) is 20.8 Å². The quantitative estimate of drug-likeness (QED) is 0.154. The largest absolute Gasteiger partial charge is 0.481 e. The molecule has 0 aliphatic carbocycles. The van der Waals surface area contributed by atoms with Crippen molar-refractivity contribution < 1.29 is 28.2 Å². The fourth-order valence-corrected chi connectivity index (χ4v) is 8.70. The number of carboxylic acids is 2. The summed E-state index contributed by atoms with van der Waals surface area (Å²) in [5.41, 5.74) is -0.676. The van der Waals surface area contributed by atoms with Crippen LogP contribution in [0.15, 0.2) is 12.2 Å². The van der Waals surface area contributed by atoms with Crippen molar-refractivity contribution in [3.05, 3.63) is 12.2 Å². The molecule has 2 rings (SSSR count). The molecule has 0 aromatic heterocycles. The highest BCUT2D eigenvalue weighted by Gasteiger charge is 2.33. The Morgan fingerprint density at radius 1 is 0.789 bits per heavy atom. The van der Waals surface area contributed by atoms with Gasteiger partial charge >= 0.3 is 11.9 Å². The molecule has 7 unspecified atom stereocenters. The van der Waals surface area contributed by atoms with Gasteiger partial charge in [-0.05, 0) is 65.2 Å². The summed E-state index contributed by atoms with van der Waals surface area (Å²) in [7, 11) is -1.79. The lowest BCUT2D eigenvalue weighted by atomic mass is 9.87. The van der Waals surface area contributed by atoms with E-state index in [-0.39, 0.29) is 26.9 Å². The van der Waals surface area contributed by atoms with Crippen molar-refractivity contribution in [1.29, 1.82) is 0 Å². The predicted molar refractivity (Wildman–Crippen MR) is 162 cm³/mol. The lowest BCUT2D eigenvalue weighted by Gasteiger charge is -2.18. The van der Waals surface area contributed by atoms with Gasteiger partial charge in [-0.2, -0.15) is 0 Å². The molecule has 0 saturated carbocycles. The van der Waals surface area contributed by atoms with E-state index in [1.807, 2.05) is 27.7 Å². The van der Waals surface area contributed by atoms with Crippen molar-refractivity contribution in [2.45, 2.75) is 153 Å². The summed E-state index contributed by atoms with van der Waals surface area (Å²) < 4.78 is 25.8. The number of rotatable bonds is 15. The van der Waals surface area contributed by atoms with Gasteiger partial charge in [0, 0.05) is 32.1 Å². The molecular formula is C30H56O6S2. The van der Waals surface area contributed by atoms with Crippen LogP contribution in [0.25, 0.3) is 0 Å². The summed E-state index contributed by atoms with van der Waals surface area (Å²) in [6, 6.07) is 0. The second kappa shape index (κ2) is 19.9. The van der Waals surface area contributed by atoms with Crippen LogP contribution < -0.4 is 0 Å². The first kappa shape index (κ1) is 37.0. The Hall–Kier alpha value is -1.02. The topological polar surface area (TPSA) is 109 Å². The van der Waals surface area contributed by atoms with Gasteiger partial charge in [0.15, 0.2) is 0 Å². The Bertz CT molecular complexity index is 764. The predicted octanol–water partition coefficient (Wildman–Crippen LogP) is 7.50. The van der Waals surface area contributed by atoms with Gasteiger partial charge in [-0.3, -0.25) is 18.0 Å². The van der Waals surface area contributed by atoms with Crippen molar-refractivity contribution in [2.75, 3.05) is 0 Å². The Morgan fingerprint density at radius 3 is 1.66 bits per heavy atom. The van der Waals surface area contributed by atoms with Gasteiger partial charge in [-0.1, -0.05) is 78.9 Å². The number of carbonyl (C=O) groups is 2. The molecule has 2 aliphatic heterocycles. The molecule has 0 bridgehead atoms. The number of unbranched alkanes of at least 4 members (excludes halogenated alkanes) is 3. The molecule has 2 fully saturated rings. The molecule has 0 aromatic rings. The van der Waals surface area contributed by atoms with Gasteiger partial charge in [0.2, 0.25) is 0 Å². The highest BCUT2D eigenvalue weighted by molar-refractivity contribution is 7.87. The molecule has 2 N–H and O–H groups in total. The van der Waals surface area contributed by atoms with E-state index >= 15 is 0 Å². The third-order valence-corrected chi connectivity index (χ3v) is 11.8. The van der Waals surface area contributed by atoms with Crippen molar-refractivity contribution in [3.63, 3.8) is 0 Å². The number of hydrogen-bond donors (Lipinski definition) is 2. The molecule has 0 radical (unpaired) electrons. The number of carboxylic acid groups (broad SMARTS) is 2. The van der Waals surface area contributed by atoms with E-state index in [0.717, 1.165) is 70.6 Å². The molecule has 0 amide bonds. The second-order valence-electron chi connectivity index (χ2n) is 10.8. The summed E-state index contributed by atoms with van der Waals surface area (Å²) in [6.07, 6.45) is 15.7. The average molecular weight is 577 g/mol. The van der Waals surface area contributed by atoms with Gasteiger partial charge < -0.3 is 10.2 Å². The summed E-state index contributed by atoms with van der Waals surface area (Å²) in [5.74, 6) is -1.81. The molecule has 224 valence electrons. The molecule has 8 heteroatoms. The molecule has 38 heavy (non-hydrogen) atoms. The van der Waals surface area contributed by atoms with Gasteiger partial charge in [-0.25, -0.2) is 0 Å². The monoisotopic (exact) mass is 576 g/mol. The van der Waals surface area contributed by atoms with Crippen molar-refractivity contribution in [1.82, 2.24) is 0 Å². The molecule has 0 aromatic carbocycles. The molecule has 7 atom stereocenters. The SMILES string of the molecule is CC.CC.CC(CCCCC1CCC(/C=C\C2CCC(CCCCCC(C)(C)C(=O)O)S2=O)S1=O)C(=O)O. The van der Waals surface area contributed by atoms with Crippen molar-refractivity contribution in [2.24, 2.45) is 11.3 Å². The third-order valence-electron chi connectivity index (χ3n) is 7.58. The average Bonchev–Trinajstić information content (AvgIpc) is 3.43. The Morgan fingerprint density at radius 2 is 1.24 bits per heavy atom. The van der Waals surface area contributed by atoms with Crippen LogP contribution in [0.4, 0.5) is 0 Å². The normalized spacial score (nSPS) is 27.8. The maximum absolute atomic E-state index is 12.9. The van der Waals surface area contributed by atoms with Crippen molar-refractivity contribution in [3.8, 4) is 0 Å². The Labute approximate surface area is 237 Å². The second-order valence-corrected chi connectivity index (χ2v) is 14.7. The third kappa shape index (κ3) is 12.9. The first-order valence-electron chi connectivity index (χ1n) is 15.0. The van der Waals surface area contributed by atoms with Crippen LogP contribution in [0.3, 0.4) is 0 Å². The minimum absolute atomic E-state index is 0.0524. The van der Waals surface area contributed by atoms with Crippen LogP contribution in [0.2, 0.25) is 0 Å². The Kier molecular flexibility index (Phi) is 19.4. The molecule has 6 nitrogen and oxygen atoms in total. The molecule has 2 saturated heterocycles. The van der Waals surface area contributed by atoms with Crippen LogP contribution in [0, 0.1) is 11.3 Å². The maximum atomic E-state index is 12.9. The molecule has 2 heterocycles. The standard InChI is InChI=1S/C26H44O6S2.2C2H6/c1-19(24(27)28)9-6-7-11-21-13-15-23(34(21)32)17-16-22-14-12-20(33(22)31)10-5-4-8-18-26(2,3)25(29)30;2*1-2/h16-17,19-23H,4-15,18H2,1-3H3,(H,27,28)(H,29,30);2*1-2H3/b17-16-;;. The van der Waals surface area contributed by atoms with Crippen LogP contribution in [0.5, 0.6) is 0 Å². The minimum Gasteiger partial charge on any atom is -0.481 e. The van der Waals surface area contributed by atoms with Gasteiger partial charge in [-0.15, -0.1) is 0 Å². The summed E-state index contributed by atoms with van der Waals surface area (Å²) in [4.78, 5) is 22.1. The van der Waals surface area contributed by atoms with E-state index < -0.39 is 39.0 Å². The fraction of sp³-hybridized carbons (Fsp3) is 0.867. The van der Waals surface area contributed by atoms with Crippen LogP contribution >= 0.6 is 0 Å². The summed E-state index contributed by atoms with van der Waals surface area (Å²) in [5, 5.41) is 18.7. The highest BCUT2D eigenvalue weighted by Crippen LogP contribution is 2.32. The molecular weight excluding hydrogens is 520 g/mol. The van der Waals surface area contributed by atoms with E-state index in [2.05, 4.69) is 12.2 Å². The molecule has 0 spiro atoms. The fourth-order valence-electron chi connectivity index (χ4n) is 4.94. The van der Waals surface area contributed by atoms with E-state index in [4.69, 9.17) is 5.11 Å². The summed E-state index contributed by atoms with van der Waals surface area (Å²) >= 11 is 0. The lowest BCUT2D eigenvalue weighted by molar-refractivity contribution is -0.147. The zero-order valence-corrected chi connectivity index (χ0v) is 26.7. The first-order valence-corrected chi connectivity index (χ1v) is 17.5. The van der Waals surface area contributed by atoms with E-state index in [1.165, 1.54) is 0 Å². The van der Waals surface area contributed by atoms with Crippen LogP contribution in [0.1, 0.15) is 132 Å². The number of aliphatic carboxylic acids is 2. The van der Waals surface area contributed by atoms with Gasteiger partial charge in [0.05, 0.1) is 21.8 Å². The highest BCUT2D eigenvalue weighted by atomic mass is 32.2. The smallest absolute Gasteiger partial charge is 0.309 e. The zero-order chi connectivity index (χ0) is 29.3.